The highest BCUT2D eigenvalue weighted by Crippen LogP contribution is 2.41. The van der Waals surface area contributed by atoms with Crippen LogP contribution in [0, 0.1) is 19.8 Å². The van der Waals surface area contributed by atoms with Gasteiger partial charge in [0.15, 0.2) is 0 Å². The van der Waals surface area contributed by atoms with Crippen LogP contribution in [-0.2, 0) is 19.0 Å². The Morgan fingerprint density at radius 1 is 0.644 bits per heavy atom. The van der Waals surface area contributed by atoms with Gasteiger partial charge in [-0.15, -0.1) is 9.15 Å². The van der Waals surface area contributed by atoms with Gasteiger partial charge >= 0.3 is 24.1 Å². The number of carbonyl (C=O) groups is 3. The number of esters is 3. The van der Waals surface area contributed by atoms with Crippen LogP contribution in [0.2, 0.25) is 0 Å². The van der Waals surface area contributed by atoms with E-state index < -0.39 is 11.9 Å². The molecule has 45 heavy (non-hydrogen) atoms. The first-order valence-electron chi connectivity index (χ1n) is 14.9. The Kier molecular flexibility index (Phi) is 8.68. The number of hydrogen-bond acceptors (Lipinski definition) is 6. The summed E-state index contributed by atoms with van der Waals surface area (Å²) in [4.78, 5) is 36.3. The van der Waals surface area contributed by atoms with Crippen LogP contribution in [0.4, 0.5) is 11.4 Å². The smallest absolute Gasteiger partial charge is 0.351 e. The Labute approximate surface area is 263 Å². The van der Waals surface area contributed by atoms with Crippen molar-refractivity contribution < 1.29 is 37.7 Å². The average molecular weight is 607 g/mol. The van der Waals surface area contributed by atoms with Crippen LogP contribution in [0.15, 0.2) is 72.8 Å². The van der Waals surface area contributed by atoms with Crippen LogP contribution >= 0.6 is 0 Å². The van der Waals surface area contributed by atoms with Gasteiger partial charge in [0.1, 0.15) is 11.1 Å². The summed E-state index contributed by atoms with van der Waals surface area (Å²) in [6.07, 6.45) is -0.266. The largest absolute Gasteiger partial charge is 0.469 e. The van der Waals surface area contributed by atoms with Gasteiger partial charge in [-0.25, -0.2) is 9.59 Å². The monoisotopic (exact) mass is 606 g/mol. The van der Waals surface area contributed by atoms with Gasteiger partial charge in [0, 0.05) is 16.5 Å². The van der Waals surface area contributed by atoms with Crippen molar-refractivity contribution in [1.29, 1.82) is 0 Å². The van der Waals surface area contributed by atoms with Crippen LogP contribution in [-0.4, -0.2) is 66.0 Å². The van der Waals surface area contributed by atoms with Crippen LogP contribution in [0.1, 0.15) is 63.7 Å². The summed E-state index contributed by atoms with van der Waals surface area (Å²) in [5.74, 6) is -0.933. The SMILES string of the molecule is COC(=O)C(C)C.COC(=O)c1cccc(C)c1[N+]1=C2C(=[N+](c3c(C)cccc3C(=O)OC)C1C)c1cccc3cccc2c13. The predicted molar refractivity (Wildman–Crippen MR) is 173 cm³/mol. The van der Waals surface area contributed by atoms with Gasteiger partial charge in [0.05, 0.1) is 45.3 Å². The van der Waals surface area contributed by atoms with Crippen molar-refractivity contribution in [3.8, 4) is 0 Å². The molecule has 0 fully saturated rings. The maximum Gasteiger partial charge on any atom is 0.351 e. The highest BCUT2D eigenvalue weighted by atomic mass is 16.5. The van der Waals surface area contributed by atoms with E-state index in [1.165, 1.54) is 21.3 Å². The fourth-order valence-corrected chi connectivity index (χ4v) is 6.31. The van der Waals surface area contributed by atoms with Crippen molar-refractivity contribution >= 4 is 51.5 Å². The zero-order valence-electron chi connectivity index (χ0n) is 26.9. The second-order valence-corrected chi connectivity index (χ2v) is 11.4. The number of benzene rings is 4. The normalized spacial score (nSPS) is 13.5. The van der Waals surface area contributed by atoms with E-state index in [0.29, 0.717) is 11.1 Å². The molecule has 4 aromatic rings. The van der Waals surface area contributed by atoms with E-state index in [9.17, 15) is 14.4 Å². The van der Waals surface area contributed by atoms with Gasteiger partial charge in [-0.2, -0.15) is 0 Å². The summed E-state index contributed by atoms with van der Waals surface area (Å²) in [5, 5.41) is 2.29. The second kappa shape index (κ2) is 12.5. The number of rotatable bonds is 5. The number of para-hydroxylation sites is 2. The lowest BCUT2D eigenvalue weighted by Crippen LogP contribution is -2.29. The van der Waals surface area contributed by atoms with Gasteiger partial charge in [-0.05, 0) is 43.5 Å². The number of ether oxygens (including phenoxy) is 3. The van der Waals surface area contributed by atoms with E-state index in [1.807, 2.05) is 38.1 Å². The number of aryl methyl sites for hydroxylation is 2. The molecule has 0 N–H and O–H groups in total. The zero-order chi connectivity index (χ0) is 32.6. The molecule has 0 spiro atoms. The predicted octanol–water partition coefficient (Wildman–Crippen LogP) is 6.49. The molecule has 6 rings (SSSR count). The molecule has 0 unspecified atom stereocenters. The minimum Gasteiger partial charge on any atom is -0.469 e. The second-order valence-electron chi connectivity index (χ2n) is 11.4. The minimum absolute atomic E-state index is 0.00463. The average Bonchev–Trinajstić information content (AvgIpc) is 3.52. The lowest BCUT2D eigenvalue weighted by atomic mass is 10.0. The van der Waals surface area contributed by atoms with Crippen molar-refractivity contribution in [2.75, 3.05) is 21.3 Å². The number of nitrogens with zero attached hydrogens (tertiary/aromatic N) is 2. The molecular weight excluding hydrogens is 568 g/mol. The quantitative estimate of drug-likeness (QED) is 0.147. The molecule has 0 saturated carbocycles. The van der Waals surface area contributed by atoms with Crippen LogP contribution < -0.4 is 0 Å². The summed E-state index contributed by atoms with van der Waals surface area (Å²) < 4.78 is 19.2. The molecule has 0 bridgehead atoms. The fraction of sp³-hybridized carbons (Fsp3) is 0.270. The topological polar surface area (TPSA) is 84.9 Å². The Bertz CT molecular complexity index is 1810. The first-order valence-corrected chi connectivity index (χ1v) is 14.9. The number of carbonyl (C=O) groups excluding carboxylic acids is 3. The molecule has 0 radical (unpaired) electrons. The summed E-state index contributed by atoms with van der Waals surface area (Å²) in [6.45, 7) is 9.71. The molecule has 0 atom stereocenters. The Morgan fingerprint density at radius 2 is 1.07 bits per heavy atom. The molecule has 0 aromatic heterocycles. The van der Waals surface area contributed by atoms with Gasteiger partial charge in [0.2, 0.25) is 11.4 Å². The third kappa shape index (κ3) is 5.20. The highest BCUT2D eigenvalue weighted by Gasteiger charge is 2.55. The van der Waals surface area contributed by atoms with Crippen LogP contribution in [0.5, 0.6) is 0 Å². The van der Waals surface area contributed by atoms with Crippen molar-refractivity contribution in [1.82, 2.24) is 0 Å². The Morgan fingerprint density at radius 3 is 1.42 bits per heavy atom. The van der Waals surface area contributed by atoms with Crippen LogP contribution in [0.3, 0.4) is 0 Å². The molecular formula is C37H38N2O6+2. The van der Waals surface area contributed by atoms with E-state index in [2.05, 4.69) is 57.2 Å². The number of fused-ring (bicyclic) bond motifs is 3. The van der Waals surface area contributed by atoms with Crippen molar-refractivity contribution in [2.24, 2.45) is 5.92 Å². The summed E-state index contributed by atoms with van der Waals surface area (Å²) >= 11 is 0. The lowest BCUT2D eigenvalue weighted by Gasteiger charge is -2.14. The molecule has 1 heterocycles. The van der Waals surface area contributed by atoms with E-state index >= 15 is 0 Å². The van der Waals surface area contributed by atoms with Crippen molar-refractivity contribution in [3.05, 3.63) is 106 Å². The van der Waals surface area contributed by atoms with E-state index in [4.69, 9.17) is 9.47 Å². The van der Waals surface area contributed by atoms with E-state index in [1.54, 1.807) is 26.0 Å². The van der Waals surface area contributed by atoms with E-state index in [-0.39, 0.29) is 18.1 Å². The summed E-state index contributed by atoms with van der Waals surface area (Å²) in [6, 6.07) is 24.0. The number of hydrogen-bond donors (Lipinski definition) is 0. The molecule has 1 aliphatic carbocycles. The standard InChI is InChI=1S/C32H28N2O4.C5H10O2/c1-18-10-6-16-24(31(35)37-4)27(18)33-20(3)34(28-19(2)11-7-17-25(28)32(36)38-5)30-23-15-9-13-21-12-8-14-22(26(21)23)29(30)33;1-4(2)5(6)7-3/h6-17,20H,1-5H3;4H,1-3H3/q+2;. The molecule has 0 saturated heterocycles. The molecule has 8 heteroatoms. The Balaban J connectivity index is 0.000000515. The van der Waals surface area contributed by atoms with E-state index in [0.717, 1.165) is 55.8 Å². The van der Waals surface area contributed by atoms with Gasteiger partial charge in [-0.1, -0.05) is 62.4 Å². The van der Waals surface area contributed by atoms with Gasteiger partial charge in [0.25, 0.3) is 11.4 Å². The maximum atomic E-state index is 13.0. The zero-order valence-corrected chi connectivity index (χ0v) is 26.9. The Hall–Kier alpha value is -5.11. The van der Waals surface area contributed by atoms with Gasteiger partial charge in [-0.3, -0.25) is 4.79 Å². The molecule has 0 amide bonds. The van der Waals surface area contributed by atoms with Crippen molar-refractivity contribution in [3.63, 3.8) is 0 Å². The van der Waals surface area contributed by atoms with Gasteiger partial charge < -0.3 is 14.2 Å². The first-order chi connectivity index (χ1) is 21.6. The maximum absolute atomic E-state index is 13.0. The first kappa shape index (κ1) is 31.3. The summed E-state index contributed by atoms with van der Waals surface area (Å²) in [5.41, 5.74) is 8.67. The number of methoxy groups -OCH3 is 3. The molecule has 4 aromatic carbocycles. The lowest BCUT2D eigenvalue weighted by molar-refractivity contribution is -0.687. The highest BCUT2D eigenvalue weighted by molar-refractivity contribution is 6.58. The fourth-order valence-electron chi connectivity index (χ4n) is 6.31. The molecule has 230 valence electrons. The summed E-state index contributed by atoms with van der Waals surface area (Å²) in [7, 11) is 4.20. The van der Waals surface area contributed by atoms with Crippen molar-refractivity contribution in [2.45, 2.75) is 40.8 Å². The third-order valence-corrected chi connectivity index (χ3v) is 8.31. The molecule has 1 aliphatic heterocycles. The third-order valence-electron chi connectivity index (χ3n) is 8.31. The van der Waals surface area contributed by atoms with Crippen LogP contribution in [0.25, 0.3) is 10.8 Å². The molecule has 8 nitrogen and oxygen atoms in total. The molecule has 2 aliphatic rings. The minimum atomic E-state index is -0.392.